The molecule has 1 N–H and O–H groups in total. The Balaban J connectivity index is 1.63. The summed E-state index contributed by atoms with van der Waals surface area (Å²) in [6.07, 6.45) is 3.36. The van der Waals surface area contributed by atoms with Crippen molar-refractivity contribution in [3.05, 3.63) is 52.2 Å². The van der Waals surface area contributed by atoms with E-state index in [9.17, 15) is 4.79 Å². The second kappa shape index (κ2) is 6.01. The van der Waals surface area contributed by atoms with E-state index in [1.807, 2.05) is 48.7 Å². The van der Waals surface area contributed by atoms with Crippen molar-refractivity contribution >= 4 is 23.3 Å². The van der Waals surface area contributed by atoms with Crippen LogP contribution in [0, 0.1) is 0 Å². The van der Waals surface area contributed by atoms with Crippen LogP contribution in [0.1, 0.15) is 23.4 Å². The van der Waals surface area contributed by atoms with E-state index in [1.54, 1.807) is 17.4 Å². The quantitative estimate of drug-likeness (QED) is 0.881. The summed E-state index contributed by atoms with van der Waals surface area (Å²) in [6.45, 7) is 2.19. The first kappa shape index (κ1) is 13.7. The lowest BCUT2D eigenvalue weighted by Gasteiger charge is -2.13. The number of hydrogen-bond donors (Lipinski definition) is 1. The molecule has 1 aromatic heterocycles. The first-order valence-corrected chi connectivity index (χ1v) is 7.52. The Hall–Kier alpha value is -2.27. The standard InChI is InChI=1S/C16H15NO3S/c1-11(12-4-6-14-15(9-12)20-10-19-14)17-16(18)7-5-13-3-2-8-21-13/h2-9,11H,10H2,1H3,(H,17,18)/b7-5+. The van der Waals surface area contributed by atoms with Crippen LogP contribution in [0.2, 0.25) is 0 Å². The van der Waals surface area contributed by atoms with E-state index in [4.69, 9.17) is 9.47 Å². The Labute approximate surface area is 127 Å². The van der Waals surface area contributed by atoms with Crippen LogP contribution >= 0.6 is 11.3 Å². The third-order valence-corrected chi connectivity index (χ3v) is 4.04. The number of ether oxygens (including phenoxy) is 2. The van der Waals surface area contributed by atoms with Gasteiger partial charge in [-0.15, -0.1) is 11.3 Å². The van der Waals surface area contributed by atoms with E-state index in [0.717, 1.165) is 21.9 Å². The van der Waals surface area contributed by atoms with Crippen molar-refractivity contribution in [3.63, 3.8) is 0 Å². The lowest BCUT2D eigenvalue weighted by Crippen LogP contribution is -2.24. The number of carbonyl (C=O) groups is 1. The van der Waals surface area contributed by atoms with Crippen molar-refractivity contribution in [1.29, 1.82) is 0 Å². The molecule has 0 aliphatic carbocycles. The van der Waals surface area contributed by atoms with Crippen molar-refractivity contribution in [2.75, 3.05) is 6.79 Å². The molecule has 0 bridgehead atoms. The highest BCUT2D eigenvalue weighted by molar-refractivity contribution is 7.10. The van der Waals surface area contributed by atoms with Gasteiger partial charge in [-0.05, 0) is 42.1 Å². The van der Waals surface area contributed by atoms with Crippen molar-refractivity contribution in [1.82, 2.24) is 5.32 Å². The zero-order valence-corrected chi connectivity index (χ0v) is 12.4. The molecule has 5 heteroatoms. The fourth-order valence-corrected chi connectivity index (χ4v) is 2.69. The SMILES string of the molecule is CC(NC(=O)/C=C/c1cccs1)c1ccc2c(c1)OCO2. The number of benzene rings is 1. The number of carbonyl (C=O) groups excluding carboxylic acids is 1. The number of nitrogens with one attached hydrogen (secondary N) is 1. The fourth-order valence-electron chi connectivity index (χ4n) is 2.07. The molecular formula is C16H15NO3S. The van der Waals surface area contributed by atoms with E-state index in [1.165, 1.54) is 0 Å². The Morgan fingerprint density at radius 3 is 3.00 bits per heavy atom. The highest BCUT2D eigenvalue weighted by atomic mass is 32.1. The average Bonchev–Trinajstić information content (AvgIpc) is 3.15. The first-order valence-electron chi connectivity index (χ1n) is 6.64. The van der Waals surface area contributed by atoms with Crippen LogP contribution in [0.15, 0.2) is 41.8 Å². The molecule has 0 fully saturated rings. The van der Waals surface area contributed by atoms with Gasteiger partial charge in [0.25, 0.3) is 0 Å². The predicted octanol–water partition coefficient (Wildman–Crippen LogP) is 3.37. The molecule has 1 aliphatic heterocycles. The number of amides is 1. The first-order chi connectivity index (χ1) is 10.2. The smallest absolute Gasteiger partial charge is 0.244 e. The number of thiophene rings is 1. The van der Waals surface area contributed by atoms with Gasteiger partial charge in [-0.1, -0.05) is 12.1 Å². The highest BCUT2D eigenvalue weighted by Gasteiger charge is 2.16. The van der Waals surface area contributed by atoms with Gasteiger partial charge in [-0.25, -0.2) is 0 Å². The third kappa shape index (κ3) is 3.25. The van der Waals surface area contributed by atoms with E-state index in [2.05, 4.69) is 5.32 Å². The molecule has 1 atom stereocenters. The minimum absolute atomic E-state index is 0.0972. The Kier molecular flexibility index (Phi) is 3.92. The van der Waals surface area contributed by atoms with Crippen LogP contribution in [0.5, 0.6) is 11.5 Å². The molecular weight excluding hydrogens is 286 g/mol. The molecule has 1 aliphatic rings. The predicted molar refractivity (Wildman–Crippen MR) is 82.5 cm³/mol. The second-order valence-corrected chi connectivity index (χ2v) is 5.67. The molecule has 0 radical (unpaired) electrons. The van der Waals surface area contributed by atoms with Gasteiger partial charge in [0, 0.05) is 11.0 Å². The van der Waals surface area contributed by atoms with Gasteiger partial charge in [-0.3, -0.25) is 4.79 Å². The zero-order valence-electron chi connectivity index (χ0n) is 11.5. The lowest BCUT2D eigenvalue weighted by atomic mass is 10.1. The van der Waals surface area contributed by atoms with Gasteiger partial charge in [0.2, 0.25) is 12.7 Å². The maximum absolute atomic E-state index is 11.9. The molecule has 108 valence electrons. The normalized spacial score (nSPS) is 14.3. The number of fused-ring (bicyclic) bond motifs is 1. The second-order valence-electron chi connectivity index (χ2n) is 4.69. The Morgan fingerprint density at radius 1 is 1.33 bits per heavy atom. The lowest BCUT2D eigenvalue weighted by molar-refractivity contribution is -0.117. The van der Waals surface area contributed by atoms with E-state index in [0.29, 0.717) is 0 Å². The molecule has 3 rings (SSSR count). The van der Waals surface area contributed by atoms with Crippen molar-refractivity contribution in [3.8, 4) is 11.5 Å². The maximum atomic E-state index is 11.9. The van der Waals surface area contributed by atoms with Crippen molar-refractivity contribution < 1.29 is 14.3 Å². The monoisotopic (exact) mass is 301 g/mol. The summed E-state index contributed by atoms with van der Waals surface area (Å²) in [4.78, 5) is 13.0. The van der Waals surface area contributed by atoms with E-state index in [-0.39, 0.29) is 18.7 Å². The minimum atomic E-state index is -0.117. The molecule has 1 aromatic carbocycles. The molecule has 0 saturated heterocycles. The van der Waals surface area contributed by atoms with E-state index < -0.39 is 0 Å². The molecule has 2 aromatic rings. The summed E-state index contributed by atoms with van der Waals surface area (Å²) in [5, 5.41) is 4.91. The third-order valence-electron chi connectivity index (χ3n) is 3.20. The molecule has 1 unspecified atom stereocenters. The fraction of sp³-hybridized carbons (Fsp3) is 0.188. The van der Waals surface area contributed by atoms with Crippen LogP contribution in [-0.4, -0.2) is 12.7 Å². The van der Waals surface area contributed by atoms with Gasteiger partial charge in [-0.2, -0.15) is 0 Å². The summed E-state index contributed by atoms with van der Waals surface area (Å²) < 4.78 is 10.6. The summed E-state index contributed by atoms with van der Waals surface area (Å²) in [5.41, 5.74) is 0.983. The molecule has 2 heterocycles. The van der Waals surface area contributed by atoms with Crippen LogP contribution in [0.3, 0.4) is 0 Å². The van der Waals surface area contributed by atoms with Gasteiger partial charge in [0.1, 0.15) is 0 Å². The van der Waals surface area contributed by atoms with E-state index >= 15 is 0 Å². The average molecular weight is 301 g/mol. The Morgan fingerprint density at radius 2 is 2.19 bits per heavy atom. The van der Waals surface area contributed by atoms with Crippen LogP contribution in [0.4, 0.5) is 0 Å². The van der Waals surface area contributed by atoms with Gasteiger partial charge < -0.3 is 14.8 Å². The van der Waals surface area contributed by atoms with Crippen LogP contribution < -0.4 is 14.8 Å². The van der Waals surface area contributed by atoms with Crippen LogP contribution in [-0.2, 0) is 4.79 Å². The highest BCUT2D eigenvalue weighted by Crippen LogP contribution is 2.34. The zero-order chi connectivity index (χ0) is 14.7. The molecule has 0 saturated carbocycles. The van der Waals surface area contributed by atoms with Gasteiger partial charge >= 0.3 is 0 Å². The van der Waals surface area contributed by atoms with Crippen molar-refractivity contribution in [2.24, 2.45) is 0 Å². The summed E-state index contributed by atoms with van der Waals surface area (Å²) in [5.74, 6) is 1.35. The van der Waals surface area contributed by atoms with Crippen LogP contribution in [0.25, 0.3) is 6.08 Å². The van der Waals surface area contributed by atoms with Gasteiger partial charge in [0.15, 0.2) is 11.5 Å². The van der Waals surface area contributed by atoms with Gasteiger partial charge in [0.05, 0.1) is 6.04 Å². The topological polar surface area (TPSA) is 47.6 Å². The maximum Gasteiger partial charge on any atom is 0.244 e. The molecule has 21 heavy (non-hydrogen) atoms. The minimum Gasteiger partial charge on any atom is -0.454 e. The summed E-state index contributed by atoms with van der Waals surface area (Å²) in [7, 11) is 0. The molecule has 1 amide bonds. The number of rotatable bonds is 4. The largest absolute Gasteiger partial charge is 0.454 e. The summed E-state index contributed by atoms with van der Waals surface area (Å²) >= 11 is 1.60. The summed E-state index contributed by atoms with van der Waals surface area (Å²) in [6, 6.07) is 9.52. The van der Waals surface area contributed by atoms with Crippen molar-refractivity contribution in [2.45, 2.75) is 13.0 Å². The number of hydrogen-bond acceptors (Lipinski definition) is 4. The molecule has 4 nitrogen and oxygen atoms in total. The Bertz CT molecular complexity index is 664. The molecule has 0 spiro atoms.